The summed E-state index contributed by atoms with van der Waals surface area (Å²) in [4.78, 5) is 19.5. The van der Waals surface area contributed by atoms with Gasteiger partial charge in [0, 0.05) is 55.7 Å². The number of benzene rings is 2. The Kier molecular flexibility index (Phi) is 7.99. The number of hydrogen-bond acceptors (Lipinski definition) is 6. The maximum Gasteiger partial charge on any atom is 0.259 e. The topological polar surface area (TPSA) is 92.3 Å². The second-order valence-electron chi connectivity index (χ2n) is 9.19. The van der Waals surface area contributed by atoms with E-state index in [1.165, 1.54) is 4.31 Å². The highest BCUT2D eigenvalue weighted by molar-refractivity contribution is 7.89. The Morgan fingerprint density at radius 1 is 1.06 bits per heavy atom. The summed E-state index contributed by atoms with van der Waals surface area (Å²) < 4.78 is 27.5. The van der Waals surface area contributed by atoms with Crippen LogP contribution in [0.5, 0.6) is 0 Å². The fourth-order valence-corrected chi connectivity index (χ4v) is 5.47. The van der Waals surface area contributed by atoms with Gasteiger partial charge in [-0.1, -0.05) is 41.9 Å². The fourth-order valence-electron chi connectivity index (χ4n) is 3.91. The Morgan fingerprint density at radius 2 is 1.81 bits per heavy atom. The van der Waals surface area contributed by atoms with E-state index in [-0.39, 0.29) is 24.0 Å². The molecule has 0 radical (unpaired) electrons. The molecule has 1 aliphatic heterocycles. The molecule has 1 aromatic heterocycles. The van der Waals surface area contributed by atoms with Crippen LogP contribution >= 0.6 is 11.6 Å². The number of carbonyl (C=O) groups excluding carboxylic acids is 1. The van der Waals surface area contributed by atoms with E-state index in [2.05, 4.69) is 15.0 Å². The number of nitrogens with zero attached hydrogens (tertiary/aromatic N) is 5. The predicted octanol–water partition coefficient (Wildman–Crippen LogP) is 2.68. The van der Waals surface area contributed by atoms with Crippen LogP contribution in [-0.4, -0.2) is 98.5 Å². The van der Waals surface area contributed by atoms with Gasteiger partial charge in [0.05, 0.1) is 12.8 Å². The van der Waals surface area contributed by atoms with Gasteiger partial charge in [0.25, 0.3) is 10.0 Å². The Morgan fingerprint density at radius 3 is 2.50 bits per heavy atom. The van der Waals surface area contributed by atoms with E-state index in [4.69, 9.17) is 11.6 Å². The fraction of sp³-hybridized carbons (Fsp3) is 0.360. The first-order valence-corrected chi connectivity index (χ1v) is 13.5. The Labute approximate surface area is 217 Å². The second-order valence-corrected chi connectivity index (χ2v) is 11.5. The first-order valence-electron chi connectivity index (χ1n) is 11.7. The van der Waals surface area contributed by atoms with Gasteiger partial charge in [-0.15, -0.1) is 0 Å². The van der Waals surface area contributed by atoms with Crippen molar-refractivity contribution >= 4 is 44.6 Å². The number of sulfonamides is 1. The maximum atomic E-state index is 13.1. The Hall–Kier alpha value is -2.92. The number of aromatic nitrogens is 1. The summed E-state index contributed by atoms with van der Waals surface area (Å²) in [6, 6.07) is 14.6. The van der Waals surface area contributed by atoms with Crippen LogP contribution in [0.3, 0.4) is 0 Å². The van der Waals surface area contributed by atoms with Crippen LogP contribution in [-0.2, 0) is 21.4 Å². The molecule has 3 aromatic rings. The summed E-state index contributed by atoms with van der Waals surface area (Å²) in [5.74, 6) is -0.225. The largest absolute Gasteiger partial charge is 0.344 e. The van der Waals surface area contributed by atoms with Crippen LogP contribution in [0.25, 0.3) is 10.9 Å². The number of hydrazone groups is 1. The van der Waals surface area contributed by atoms with Gasteiger partial charge in [-0.3, -0.25) is 9.80 Å². The normalized spacial score (nSPS) is 15.5. The Bertz CT molecular complexity index is 1350. The molecule has 1 saturated heterocycles. The summed E-state index contributed by atoms with van der Waals surface area (Å²) >= 11 is 6.01. The van der Waals surface area contributed by atoms with Gasteiger partial charge in [0.15, 0.2) is 0 Å². The standard InChI is InChI=1S/C25H31ClN6O3S/c1-29(2)10-11-30(3)27-16-19-4-6-20(7-5-19)17-31-12-13-32(18-25(31)33)36(34,35)24-14-21-8-9-22(26)15-23(21)28-24/h4-9,14-16,28H,10-13,17-18H2,1-3H3/b27-16+. The van der Waals surface area contributed by atoms with Crippen molar-refractivity contribution in [1.82, 2.24) is 24.1 Å². The molecule has 1 amide bonds. The molecule has 2 heterocycles. The number of aromatic amines is 1. The van der Waals surface area contributed by atoms with Gasteiger partial charge < -0.3 is 14.8 Å². The molecule has 0 saturated carbocycles. The first-order chi connectivity index (χ1) is 17.1. The lowest BCUT2D eigenvalue weighted by molar-refractivity contribution is -0.134. The molecule has 11 heteroatoms. The molecule has 2 aromatic carbocycles. The van der Waals surface area contributed by atoms with E-state index in [0.29, 0.717) is 23.6 Å². The lowest BCUT2D eigenvalue weighted by Gasteiger charge is -2.33. The number of piperazine rings is 1. The van der Waals surface area contributed by atoms with Gasteiger partial charge in [0.2, 0.25) is 5.91 Å². The summed E-state index contributed by atoms with van der Waals surface area (Å²) in [6.45, 7) is 2.55. The predicted molar refractivity (Wildman–Crippen MR) is 143 cm³/mol. The average Bonchev–Trinajstić information content (AvgIpc) is 3.27. The zero-order valence-corrected chi connectivity index (χ0v) is 22.3. The molecule has 192 valence electrons. The van der Waals surface area contributed by atoms with Crippen molar-refractivity contribution in [3.05, 3.63) is 64.7 Å². The van der Waals surface area contributed by atoms with Crippen molar-refractivity contribution in [2.45, 2.75) is 11.6 Å². The molecule has 9 nitrogen and oxygen atoms in total. The van der Waals surface area contributed by atoms with Crippen LogP contribution in [0.2, 0.25) is 5.02 Å². The molecular weight excluding hydrogens is 500 g/mol. The minimum atomic E-state index is -3.83. The van der Waals surface area contributed by atoms with E-state index in [0.717, 1.165) is 29.6 Å². The van der Waals surface area contributed by atoms with Crippen LogP contribution in [0.4, 0.5) is 0 Å². The number of fused-ring (bicyclic) bond motifs is 1. The second kappa shape index (κ2) is 11.0. The van der Waals surface area contributed by atoms with Crippen molar-refractivity contribution in [3.63, 3.8) is 0 Å². The first kappa shape index (κ1) is 26.2. The van der Waals surface area contributed by atoms with Crippen LogP contribution in [0.1, 0.15) is 11.1 Å². The quantitative estimate of drug-likeness (QED) is 0.339. The van der Waals surface area contributed by atoms with Crippen molar-refractivity contribution in [2.75, 3.05) is 53.9 Å². The highest BCUT2D eigenvalue weighted by Gasteiger charge is 2.33. The summed E-state index contributed by atoms with van der Waals surface area (Å²) in [5, 5.41) is 7.66. The minimum absolute atomic E-state index is 0.0608. The van der Waals surface area contributed by atoms with Crippen molar-refractivity contribution in [1.29, 1.82) is 0 Å². The number of likely N-dealkylation sites (N-methyl/N-ethyl adjacent to an activating group) is 2. The highest BCUT2D eigenvalue weighted by Crippen LogP contribution is 2.25. The SMILES string of the molecule is CN(C)CCN(C)/N=C/c1ccc(CN2CCN(S(=O)(=O)c3cc4ccc(Cl)cc4[nH]3)CC2=O)cc1. The molecule has 1 N–H and O–H groups in total. The van der Waals surface area contributed by atoms with Gasteiger partial charge in [-0.05, 0) is 43.4 Å². The number of halogens is 1. The minimum Gasteiger partial charge on any atom is -0.344 e. The van der Waals surface area contributed by atoms with Gasteiger partial charge >= 0.3 is 0 Å². The van der Waals surface area contributed by atoms with E-state index >= 15 is 0 Å². The third-order valence-electron chi connectivity index (χ3n) is 6.09. The zero-order valence-electron chi connectivity index (χ0n) is 20.7. The van der Waals surface area contributed by atoms with Crippen molar-refractivity contribution in [2.24, 2.45) is 5.10 Å². The molecule has 0 aliphatic carbocycles. The number of hydrogen-bond donors (Lipinski definition) is 1. The van der Waals surface area contributed by atoms with Crippen molar-refractivity contribution in [3.8, 4) is 0 Å². The molecule has 1 aliphatic rings. The van der Waals surface area contributed by atoms with E-state index in [9.17, 15) is 13.2 Å². The molecular formula is C25H31ClN6O3S. The summed E-state index contributed by atoms with van der Waals surface area (Å²) in [5.41, 5.74) is 2.59. The highest BCUT2D eigenvalue weighted by atomic mass is 35.5. The van der Waals surface area contributed by atoms with Crippen LogP contribution < -0.4 is 0 Å². The number of nitrogens with one attached hydrogen (secondary N) is 1. The smallest absolute Gasteiger partial charge is 0.259 e. The molecule has 0 spiro atoms. The summed E-state index contributed by atoms with van der Waals surface area (Å²) in [6.07, 6.45) is 1.81. The van der Waals surface area contributed by atoms with E-state index in [1.807, 2.05) is 56.6 Å². The van der Waals surface area contributed by atoms with Gasteiger partial charge in [-0.25, -0.2) is 8.42 Å². The van der Waals surface area contributed by atoms with Crippen LogP contribution in [0, 0.1) is 0 Å². The lowest BCUT2D eigenvalue weighted by Crippen LogP contribution is -2.51. The molecule has 0 unspecified atom stereocenters. The Balaban J connectivity index is 1.35. The number of rotatable bonds is 9. The molecule has 36 heavy (non-hydrogen) atoms. The van der Waals surface area contributed by atoms with Crippen LogP contribution in [0.15, 0.2) is 58.7 Å². The lowest BCUT2D eigenvalue weighted by atomic mass is 10.1. The molecule has 0 atom stereocenters. The number of carbonyl (C=O) groups is 1. The van der Waals surface area contributed by atoms with E-state index in [1.54, 1.807) is 29.2 Å². The van der Waals surface area contributed by atoms with Crippen molar-refractivity contribution < 1.29 is 13.2 Å². The average molecular weight is 531 g/mol. The third kappa shape index (κ3) is 6.25. The molecule has 4 rings (SSSR count). The molecule has 0 bridgehead atoms. The monoisotopic (exact) mass is 530 g/mol. The molecule has 1 fully saturated rings. The third-order valence-corrected chi connectivity index (χ3v) is 8.09. The summed E-state index contributed by atoms with van der Waals surface area (Å²) in [7, 11) is 2.17. The number of H-pyrrole nitrogens is 1. The zero-order chi connectivity index (χ0) is 25.9. The van der Waals surface area contributed by atoms with E-state index < -0.39 is 10.0 Å². The van der Waals surface area contributed by atoms with Gasteiger partial charge in [0.1, 0.15) is 5.03 Å². The number of amides is 1. The van der Waals surface area contributed by atoms with Gasteiger partial charge in [-0.2, -0.15) is 9.41 Å². The maximum absolute atomic E-state index is 13.1.